The lowest BCUT2D eigenvalue weighted by atomic mass is 10.1. The molecule has 1 atom stereocenters. The van der Waals surface area contributed by atoms with Gasteiger partial charge in [-0.15, -0.1) is 21.5 Å². The van der Waals surface area contributed by atoms with Gasteiger partial charge in [-0.25, -0.2) is 0 Å². The van der Waals surface area contributed by atoms with E-state index in [1.807, 2.05) is 45.2 Å². The number of thiophene rings is 1. The van der Waals surface area contributed by atoms with Gasteiger partial charge < -0.3 is 24.4 Å². The fourth-order valence-corrected chi connectivity index (χ4v) is 4.64. The number of carbonyl (C=O) groups excluding carboxylic acids is 2. The molecule has 0 unspecified atom stereocenters. The van der Waals surface area contributed by atoms with Crippen molar-refractivity contribution in [3.63, 3.8) is 0 Å². The molecule has 0 saturated heterocycles. The number of amides is 2. The molecule has 1 N–H and O–H groups in total. The van der Waals surface area contributed by atoms with Crippen LogP contribution >= 0.6 is 11.3 Å². The number of aromatic nitrogens is 4. The minimum absolute atomic E-state index is 0.181. The predicted octanol–water partition coefficient (Wildman–Crippen LogP) is 3.33. The molecule has 0 aliphatic heterocycles. The Bertz CT molecular complexity index is 1190. The Morgan fingerprint density at radius 3 is 2.55 bits per heavy atom. The Kier molecular flexibility index (Phi) is 10.2. The van der Waals surface area contributed by atoms with E-state index in [4.69, 9.17) is 14.2 Å². The van der Waals surface area contributed by atoms with Gasteiger partial charge in [0.15, 0.2) is 11.5 Å². The molecule has 0 saturated carbocycles. The van der Waals surface area contributed by atoms with Gasteiger partial charge in [-0.3, -0.25) is 9.59 Å². The van der Waals surface area contributed by atoms with Gasteiger partial charge in [0.05, 0.1) is 14.2 Å². The average Bonchev–Trinajstić information content (AvgIpc) is 3.57. The summed E-state index contributed by atoms with van der Waals surface area (Å²) in [4.78, 5) is 30.7. The van der Waals surface area contributed by atoms with E-state index >= 15 is 0 Å². The van der Waals surface area contributed by atoms with Crippen molar-refractivity contribution in [1.29, 1.82) is 0 Å². The molecule has 1 aromatic carbocycles. The van der Waals surface area contributed by atoms with Gasteiger partial charge in [0.25, 0.3) is 0 Å². The third-order valence-electron chi connectivity index (χ3n) is 5.45. The zero-order valence-electron chi connectivity index (χ0n) is 22.8. The van der Waals surface area contributed by atoms with E-state index in [-0.39, 0.29) is 18.4 Å². The monoisotopic (exact) mass is 544 g/mol. The van der Waals surface area contributed by atoms with Gasteiger partial charge in [0.2, 0.25) is 17.6 Å². The first-order valence-corrected chi connectivity index (χ1v) is 13.3. The normalized spacial score (nSPS) is 12.2. The summed E-state index contributed by atoms with van der Waals surface area (Å²) in [6, 6.07) is 8.22. The molecule has 2 amide bonds. The van der Waals surface area contributed by atoms with Gasteiger partial charge in [-0.2, -0.15) is 4.80 Å². The van der Waals surface area contributed by atoms with Crippen LogP contribution in [0.4, 0.5) is 0 Å². The summed E-state index contributed by atoms with van der Waals surface area (Å²) in [5.41, 5.74) is 0.199. The smallest absolute Gasteiger partial charge is 0.248 e. The number of methoxy groups -OCH3 is 2. The first-order chi connectivity index (χ1) is 18.2. The van der Waals surface area contributed by atoms with Crippen LogP contribution in [0.5, 0.6) is 11.5 Å². The number of tetrazole rings is 1. The van der Waals surface area contributed by atoms with Gasteiger partial charge in [0, 0.05) is 35.7 Å². The fraction of sp³-hybridized carbons (Fsp3) is 0.500. The topological polar surface area (TPSA) is 121 Å². The number of hydrogen-bond acceptors (Lipinski definition) is 9. The standard InChI is InChI=1S/C26H36N6O5S/c1-7-37-14-9-13-31(23(21-10-8-15-38-21)25(34)27-26(2,3)4)22(33)17-32-29-24(28-30-32)18-11-12-19(35-5)20(16-18)36-6/h8,10-12,15-16,23H,7,9,13-14,17H2,1-6H3,(H,27,34)/t23-/m0/s1. The van der Waals surface area contributed by atoms with E-state index in [9.17, 15) is 9.59 Å². The summed E-state index contributed by atoms with van der Waals surface area (Å²) in [6.07, 6.45) is 0.575. The molecular formula is C26H36N6O5S. The third kappa shape index (κ3) is 7.75. The van der Waals surface area contributed by atoms with Crippen molar-refractivity contribution >= 4 is 23.2 Å². The van der Waals surface area contributed by atoms with E-state index in [1.54, 1.807) is 37.3 Å². The van der Waals surface area contributed by atoms with Crippen LogP contribution in [0.2, 0.25) is 0 Å². The van der Waals surface area contributed by atoms with Crippen LogP contribution in [0.25, 0.3) is 11.4 Å². The Labute approximate surface area is 227 Å². The maximum atomic E-state index is 13.7. The van der Waals surface area contributed by atoms with Crippen LogP contribution in [0, 0.1) is 0 Å². The Morgan fingerprint density at radius 2 is 1.92 bits per heavy atom. The Hall–Kier alpha value is -3.51. The largest absolute Gasteiger partial charge is 0.493 e. The first kappa shape index (κ1) is 29.1. The van der Waals surface area contributed by atoms with Crippen LogP contribution in [-0.4, -0.2) is 76.4 Å². The number of nitrogens with one attached hydrogen (secondary N) is 1. The van der Waals surface area contributed by atoms with Crippen LogP contribution in [-0.2, 0) is 20.9 Å². The van der Waals surface area contributed by atoms with E-state index in [2.05, 4.69) is 20.7 Å². The first-order valence-electron chi connectivity index (χ1n) is 12.4. The van der Waals surface area contributed by atoms with Crippen LogP contribution in [0.15, 0.2) is 35.7 Å². The zero-order valence-corrected chi connectivity index (χ0v) is 23.6. The summed E-state index contributed by atoms with van der Waals surface area (Å²) in [6.45, 7) is 8.85. The number of benzene rings is 1. The second-order valence-corrected chi connectivity index (χ2v) is 10.5. The lowest BCUT2D eigenvalue weighted by molar-refractivity contribution is -0.142. The Balaban J connectivity index is 1.86. The molecule has 0 radical (unpaired) electrons. The molecular weight excluding hydrogens is 508 g/mol. The highest BCUT2D eigenvalue weighted by Crippen LogP contribution is 2.31. The highest BCUT2D eigenvalue weighted by molar-refractivity contribution is 7.10. The fourth-order valence-electron chi connectivity index (χ4n) is 3.80. The molecule has 11 nitrogen and oxygen atoms in total. The van der Waals surface area contributed by atoms with E-state index in [0.29, 0.717) is 49.1 Å². The van der Waals surface area contributed by atoms with Crippen molar-refractivity contribution in [1.82, 2.24) is 30.4 Å². The molecule has 38 heavy (non-hydrogen) atoms. The molecule has 2 aromatic heterocycles. The molecule has 3 rings (SSSR count). The Morgan fingerprint density at radius 1 is 1.16 bits per heavy atom. The molecule has 0 bridgehead atoms. The summed E-state index contributed by atoms with van der Waals surface area (Å²) < 4.78 is 16.1. The van der Waals surface area contributed by atoms with Crippen LogP contribution < -0.4 is 14.8 Å². The second kappa shape index (κ2) is 13.3. The number of ether oxygens (including phenoxy) is 3. The number of nitrogens with zero attached hydrogens (tertiary/aromatic N) is 5. The lowest BCUT2D eigenvalue weighted by Gasteiger charge is -2.33. The van der Waals surface area contributed by atoms with Crippen molar-refractivity contribution in [3.8, 4) is 22.9 Å². The van der Waals surface area contributed by atoms with Gasteiger partial charge >= 0.3 is 0 Å². The maximum absolute atomic E-state index is 13.7. The average molecular weight is 545 g/mol. The molecule has 2 heterocycles. The minimum Gasteiger partial charge on any atom is -0.493 e. The van der Waals surface area contributed by atoms with Crippen molar-refractivity contribution in [2.75, 3.05) is 34.0 Å². The van der Waals surface area contributed by atoms with E-state index in [0.717, 1.165) is 4.88 Å². The molecule has 0 fully saturated rings. The minimum atomic E-state index is -0.794. The summed E-state index contributed by atoms with van der Waals surface area (Å²) in [7, 11) is 3.10. The van der Waals surface area contributed by atoms with Gasteiger partial charge in [-0.05, 0) is 69.0 Å². The molecule has 0 aliphatic rings. The quantitative estimate of drug-likeness (QED) is 0.325. The highest BCUT2D eigenvalue weighted by atomic mass is 32.1. The molecule has 0 spiro atoms. The van der Waals surface area contributed by atoms with Crippen LogP contribution in [0.1, 0.15) is 45.0 Å². The van der Waals surface area contributed by atoms with Crippen molar-refractivity contribution in [2.45, 2.75) is 52.2 Å². The van der Waals surface area contributed by atoms with E-state index in [1.165, 1.54) is 16.1 Å². The van der Waals surface area contributed by atoms with Crippen molar-refractivity contribution in [3.05, 3.63) is 40.6 Å². The zero-order chi connectivity index (χ0) is 27.7. The predicted molar refractivity (Wildman–Crippen MR) is 144 cm³/mol. The second-order valence-electron chi connectivity index (χ2n) is 9.51. The lowest BCUT2D eigenvalue weighted by Crippen LogP contribution is -2.50. The summed E-state index contributed by atoms with van der Waals surface area (Å²) >= 11 is 1.43. The number of rotatable bonds is 13. The van der Waals surface area contributed by atoms with Crippen LogP contribution in [0.3, 0.4) is 0 Å². The maximum Gasteiger partial charge on any atom is 0.248 e. The summed E-state index contributed by atoms with van der Waals surface area (Å²) in [5, 5.41) is 17.5. The van der Waals surface area contributed by atoms with Crippen molar-refractivity contribution in [2.24, 2.45) is 0 Å². The molecule has 206 valence electrons. The van der Waals surface area contributed by atoms with E-state index < -0.39 is 11.6 Å². The SMILES string of the molecule is CCOCCCN(C(=O)Cn1nnc(-c2ccc(OC)c(OC)c2)n1)[C@H](C(=O)NC(C)(C)C)c1cccs1. The van der Waals surface area contributed by atoms with Gasteiger partial charge in [-0.1, -0.05) is 6.07 Å². The highest BCUT2D eigenvalue weighted by Gasteiger charge is 2.34. The van der Waals surface area contributed by atoms with Gasteiger partial charge in [0.1, 0.15) is 12.6 Å². The van der Waals surface area contributed by atoms with Crippen molar-refractivity contribution < 1.29 is 23.8 Å². The molecule has 12 heteroatoms. The third-order valence-corrected chi connectivity index (χ3v) is 6.38. The molecule has 3 aromatic rings. The molecule has 0 aliphatic carbocycles. The number of carbonyl (C=O) groups is 2. The number of hydrogen-bond donors (Lipinski definition) is 1. The summed E-state index contributed by atoms with van der Waals surface area (Å²) in [5.74, 6) is 0.889.